The third-order valence-corrected chi connectivity index (χ3v) is 1.00. The van der Waals surface area contributed by atoms with Crippen LogP contribution in [0.25, 0.3) is 0 Å². The van der Waals surface area contributed by atoms with Crippen LogP contribution >= 0.6 is 0 Å². The molecule has 0 aromatic carbocycles. The molecule has 12 heavy (non-hydrogen) atoms. The number of carbonyl (C=O) groups excluding carboxylic acids is 1. The molecule has 7 nitrogen and oxygen atoms in total. The van der Waals surface area contributed by atoms with Crippen LogP contribution in [0.1, 0.15) is 5.82 Å². The summed E-state index contributed by atoms with van der Waals surface area (Å²) in [6, 6.07) is -0.806. The number of anilines is 1. The van der Waals surface area contributed by atoms with Gasteiger partial charge in [-0.1, -0.05) is 0 Å². The molecule has 0 radical (unpaired) electrons. The van der Waals surface area contributed by atoms with Crippen molar-refractivity contribution in [2.45, 2.75) is 6.92 Å². The van der Waals surface area contributed by atoms with Gasteiger partial charge < -0.3 is 5.73 Å². The second-order valence-corrected chi connectivity index (χ2v) is 2.05. The van der Waals surface area contributed by atoms with E-state index in [1.165, 1.54) is 0 Å². The number of carbonyl (C=O) groups is 1. The fourth-order valence-electron chi connectivity index (χ4n) is 0.657. The Morgan fingerprint density at radius 2 is 2.25 bits per heavy atom. The zero-order valence-corrected chi connectivity index (χ0v) is 6.29. The van der Waals surface area contributed by atoms with Crippen LogP contribution in [0.5, 0.6) is 0 Å². The minimum atomic E-state index is -0.806. The molecule has 0 aliphatic rings. The third kappa shape index (κ3) is 2.04. The summed E-state index contributed by atoms with van der Waals surface area (Å²) in [5.41, 5.74) is 4.20. The quantitative estimate of drug-likeness (QED) is 0.498. The molecule has 1 aromatic rings. The number of H-pyrrole nitrogens is 1. The number of aromatic amines is 1. The number of primary amides is 1. The Morgan fingerprint density at radius 1 is 1.58 bits per heavy atom. The van der Waals surface area contributed by atoms with Crippen LogP contribution in [0, 0.1) is 6.92 Å². The van der Waals surface area contributed by atoms with Gasteiger partial charge in [0.25, 0.3) is 0 Å². The molecule has 4 N–H and O–H groups in total. The van der Waals surface area contributed by atoms with Crippen molar-refractivity contribution in [3.63, 3.8) is 0 Å². The highest BCUT2D eigenvalue weighted by molar-refractivity contribution is 5.85. The van der Waals surface area contributed by atoms with Gasteiger partial charge in [0.2, 0.25) is 5.95 Å². The summed E-state index contributed by atoms with van der Waals surface area (Å²) < 4.78 is 0. The van der Waals surface area contributed by atoms with Gasteiger partial charge in [0.05, 0.1) is 0 Å². The van der Waals surface area contributed by atoms with Gasteiger partial charge in [0, 0.05) is 0 Å². The number of hydrogen-bond donors (Lipinski definition) is 3. The van der Waals surface area contributed by atoms with E-state index in [9.17, 15) is 9.59 Å². The number of aromatic nitrogens is 3. The van der Waals surface area contributed by atoms with E-state index in [1.807, 2.05) is 0 Å². The lowest BCUT2D eigenvalue weighted by Crippen LogP contribution is -2.24. The monoisotopic (exact) mass is 169 g/mol. The second kappa shape index (κ2) is 2.99. The van der Waals surface area contributed by atoms with Crippen molar-refractivity contribution in [3.05, 3.63) is 16.3 Å². The fraction of sp³-hybridized carbons (Fsp3) is 0.200. The summed E-state index contributed by atoms with van der Waals surface area (Å²) in [4.78, 5) is 30.4. The maximum absolute atomic E-state index is 10.7. The Kier molecular flexibility index (Phi) is 2.04. The van der Waals surface area contributed by atoms with E-state index >= 15 is 0 Å². The van der Waals surface area contributed by atoms with Gasteiger partial charge >= 0.3 is 11.7 Å². The number of hydrogen-bond acceptors (Lipinski definition) is 4. The summed E-state index contributed by atoms with van der Waals surface area (Å²) in [6.45, 7) is 1.56. The van der Waals surface area contributed by atoms with Crippen molar-refractivity contribution in [2.75, 3.05) is 5.32 Å². The summed E-state index contributed by atoms with van der Waals surface area (Å²) in [5.74, 6) is 0.266. The Hall–Kier alpha value is -1.92. The average Bonchev–Trinajstić information content (AvgIpc) is 1.81. The molecule has 2 amide bonds. The lowest BCUT2D eigenvalue weighted by Gasteiger charge is -1.98. The Bertz CT molecular complexity index is 357. The molecule has 0 fully saturated rings. The van der Waals surface area contributed by atoms with Gasteiger partial charge in [-0.05, 0) is 6.92 Å². The lowest BCUT2D eigenvalue weighted by molar-refractivity contribution is 0.259. The first-order valence-electron chi connectivity index (χ1n) is 3.09. The number of nitrogens with one attached hydrogen (secondary N) is 2. The van der Waals surface area contributed by atoms with Crippen LogP contribution in [-0.2, 0) is 0 Å². The molecule has 64 valence electrons. The summed E-state index contributed by atoms with van der Waals surface area (Å²) in [7, 11) is 0. The lowest BCUT2D eigenvalue weighted by atomic mass is 10.7. The van der Waals surface area contributed by atoms with Crippen LogP contribution in [0.4, 0.5) is 10.7 Å². The molecular formula is C5H7N5O2. The van der Waals surface area contributed by atoms with Crippen molar-refractivity contribution in [1.29, 1.82) is 0 Å². The van der Waals surface area contributed by atoms with E-state index in [2.05, 4.69) is 20.3 Å². The van der Waals surface area contributed by atoms with Gasteiger partial charge in [-0.2, -0.15) is 9.97 Å². The van der Waals surface area contributed by atoms with E-state index < -0.39 is 11.7 Å². The first-order valence-corrected chi connectivity index (χ1v) is 3.09. The van der Waals surface area contributed by atoms with Crippen LogP contribution < -0.4 is 16.7 Å². The molecule has 0 bridgehead atoms. The van der Waals surface area contributed by atoms with Gasteiger partial charge in [-0.25, -0.2) is 9.59 Å². The van der Waals surface area contributed by atoms with Crippen molar-refractivity contribution >= 4 is 12.0 Å². The molecular weight excluding hydrogens is 162 g/mol. The molecule has 1 rings (SSSR count). The van der Waals surface area contributed by atoms with Gasteiger partial charge in [-0.15, -0.1) is 0 Å². The molecule has 0 aliphatic heterocycles. The van der Waals surface area contributed by atoms with E-state index in [0.29, 0.717) is 5.82 Å². The average molecular weight is 169 g/mol. The molecule has 7 heteroatoms. The maximum Gasteiger partial charge on any atom is 0.349 e. The molecule has 0 saturated heterocycles. The summed E-state index contributed by atoms with van der Waals surface area (Å²) in [6.07, 6.45) is 0. The van der Waals surface area contributed by atoms with Crippen LogP contribution in [0.3, 0.4) is 0 Å². The normalized spacial score (nSPS) is 9.42. The van der Waals surface area contributed by atoms with E-state index in [4.69, 9.17) is 5.73 Å². The minimum absolute atomic E-state index is 0.0937. The number of amides is 2. The first kappa shape index (κ1) is 8.18. The number of urea groups is 1. The van der Waals surface area contributed by atoms with Gasteiger partial charge in [0.1, 0.15) is 5.82 Å². The SMILES string of the molecule is Cc1nc(NC(N)=O)nc(=O)[nH]1. The highest BCUT2D eigenvalue weighted by Crippen LogP contribution is 1.91. The molecule has 1 aromatic heterocycles. The maximum atomic E-state index is 10.7. The number of nitrogens with two attached hydrogens (primary N) is 1. The Morgan fingerprint density at radius 3 is 2.75 bits per heavy atom. The first-order chi connectivity index (χ1) is 5.58. The summed E-state index contributed by atoms with van der Waals surface area (Å²) >= 11 is 0. The van der Waals surface area contributed by atoms with Crippen molar-refractivity contribution < 1.29 is 4.79 Å². The predicted octanol–water partition coefficient (Wildman–Crippen LogP) is -1.04. The fourth-order valence-corrected chi connectivity index (χ4v) is 0.657. The highest BCUT2D eigenvalue weighted by Gasteiger charge is 2.00. The standard InChI is InChI=1S/C5H7N5O2/c1-2-7-4(9-3(6)11)10-5(12)8-2/h1H3,(H4,6,7,8,9,10,11,12). The summed E-state index contributed by atoms with van der Waals surface area (Å²) in [5, 5.41) is 2.08. The second-order valence-electron chi connectivity index (χ2n) is 2.05. The van der Waals surface area contributed by atoms with Crippen molar-refractivity contribution in [3.8, 4) is 0 Å². The van der Waals surface area contributed by atoms with E-state index in [0.717, 1.165) is 0 Å². The van der Waals surface area contributed by atoms with Crippen LogP contribution in [0.2, 0.25) is 0 Å². The van der Waals surface area contributed by atoms with Gasteiger partial charge in [0.15, 0.2) is 0 Å². The molecule has 1 heterocycles. The number of nitrogens with zero attached hydrogens (tertiary/aromatic N) is 2. The molecule has 0 spiro atoms. The van der Waals surface area contributed by atoms with Gasteiger partial charge in [-0.3, -0.25) is 10.3 Å². The third-order valence-electron chi connectivity index (χ3n) is 1.00. The number of rotatable bonds is 1. The zero-order chi connectivity index (χ0) is 9.14. The smallest absolute Gasteiger partial charge is 0.349 e. The van der Waals surface area contributed by atoms with E-state index in [1.54, 1.807) is 6.92 Å². The van der Waals surface area contributed by atoms with Crippen LogP contribution in [-0.4, -0.2) is 21.0 Å². The van der Waals surface area contributed by atoms with Crippen molar-refractivity contribution in [2.24, 2.45) is 5.73 Å². The molecule has 0 saturated carbocycles. The highest BCUT2D eigenvalue weighted by atomic mass is 16.2. The topological polar surface area (TPSA) is 114 Å². The van der Waals surface area contributed by atoms with Crippen molar-refractivity contribution in [1.82, 2.24) is 15.0 Å². The van der Waals surface area contributed by atoms with E-state index in [-0.39, 0.29) is 5.95 Å². The minimum Gasteiger partial charge on any atom is -0.351 e. The largest absolute Gasteiger partial charge is 0.351 e. The molecule has 0 unspecified atom stereocenters. The predicted molar refractivity (Wildman–Crippen MR) is 40.6 cm³/mol. The zero-order valence-electron chi connectivity index (χ0n) is 6.29. The van der Waals surface area contributed by atoms with Crippen LogP contribution in [0.15, 0.2) is 4.79 Å². The number of aryl methyl sites for hydroxylation is 1. The molecule has 0 aliphatic carbocycles. The Balaban J connectivity index is 3.01. The Labute approximate surface area is 67.0 Å². The molecule has 0 atom stereocenters.